The molecular formula is C19H28N2O4. The van der Waals surface area contributed by atoms with Gasteiger partial charge in [-0.05, 0) is 51.7 Å². The molecule has 1 N–H and O–H groups in total. The monoisotopic (exact) mass is 348 g/mol. The van der Waals surface area contributed by atoms with Crippen LogP contribution in [0.4, 0.5) is 10.5 Å². The topological polar surface area (TPSA) is 60.0 Å². The van der Waals surface area contributed by atoms with Crippen LogP contribution in [-0.4, -0.2) is 49.4 Å². The molecule has 3 rings (SSSR count). The lowest BCUT2D eigenvalue weighted by Gasteiger charge is -2.33. The highest BCUT2D eigenvalue weighted by Gasteiger charge is 2.26. The van der Waals surface area contributed by atoms with Crippen molar-refractivity contribution in [3.8, 4) is 11.5 Å². The van der Waals surface area contributed by atoms with Crippen LogP contribution in [-0.2, 0) is 4.74 Å². The van der Waals surface area contributed by atoms with Crippen molar-refractivity contribution in [2.45, 2.75) is 39.2 Å². The first-order chi connectivity index (χ1) is 11.9. The number of amides is 1. The van der Waals surface area contributed by atoms with Crippen LogP contribution >= 0.6 is 0 Å². The molecule has 0 radical (unpaired) electrons. The van der Waals surface area contributed by atoms with Gasteiger partial charge in [-0.2, -0.15) is 0 Å². The van der Waals surface area contributed by atoms with Crippen molar-refractivity contribution in [1.29, 1.82) is 0 Å². The Morgan fingerprint density at radius 3 is 2.56 bits per heavy atom. The number of ether oxygens (including phenoxy) is 3. The molecule has 0 spiro atoms. The quantitative estimate of drug-likeness (QED) is 0.906. The largest absolute Gasteiger partial charge is 0.486 e. The molecule has 0 aliphatic carbocycles. The van der Waals surface area contributed by atoms with Gasteiger partial charge in [0.15, 0.2) is 11.5 Å². The van der Waals surface area contributed by atoms with Gasteiger partial charge in [-0.3, -0.25) is 0 Å². The maximum absolute atomic E-state index is 12.1. The first kappa shape index (κ1) is 17.7. The van der Waals surface area contributed by atoms with E-state index in [9.17, 15) is 4.79 Å². The lowest BCUT2D eigenvalue weighted by molar-refractivity contribution is 0.0188. The molecule has 138 valence electrons. The Balaban J connectivity index is 1.44. The van der Waals surface area contributed by atoms with Gasteiger partial charge in [0.05, 0.1) is 0 Å². The summed E-state index contributed by atoms with van der Waals surface area (Å²) in [5.74, 6) is 2.16. The van der Waals surface area contributed by atoms with Crippen molar-refractivity contribution in [1.82, 2.24) is 4.90 Å². The second-order valence-electron chi connectivity index (χ2n) is 7.65. The van der Waals surface area contributed by atoms with Crippen molar-refractivity contribution >= 4 is 11.8 Å². The molecule has 1 saturated heterocycles. The Morgan fingerprint density at radius 2 is 1.88 bits per heavy atom. The number of nitrogens with zero attached hydrogens (tertiary/aromatic N) is 1. The summed E-state index contributed by atoms with van der Waals surface area (Å²) in [6, 6.07) is 5.95. The average molecular weight is 348 g/mol. The van der Waals surface area contributed by atoms with Gasteiger partial charge in [0.1, 0.15) is 18.8 Å². The molecule has 2 heterocycles. The van der Waals surface area contributed by atoms with Crippen LogP contribution in [0.5, 0.6) is 11.5 Å². The van der Waals surface area contributed by atoms with Gasteiger partial charge < -0.3 is 24.4 Å². The molecule has 6 nitrogen and oxygen atoms in total. The number of carbonyl (C=O) groups is 1. The van der Waals surface area contributed by atoms with Crippen LogP contribution in [0.3, 0.4) is 0 Å². The van der Waals surface area contributed by atoms with Crippen molar-refractivity contribution in [2.75, 3.05) is 38.2 Å². The minimum Gasteiger partial charge on any atom is -0.486 e. The number of piperidine rings is 1. The molecule has 2 aliphatic rings. The highest BCUT2D eigenvalue weighted by Crippen LogP contribution is 2.32. The average Bonchev–Trinajstić information content (AvgIpc) is 2.59. The number of carbonyl (C=O) groups excluding carboxylic acids is 1. The molecule has 0 unspecified atom stereocenters. The van der Waals surface area contributed by atoms with Crippen LogP contribution in [0, 0.1) is 5.92 Å². The number of nitrogens with one attached hydrogen (secondary N) is 1. The van der Waals surface area contributed by atoms with Gasteiger partial charge >= 0.3 is 6.09 Å². The molecule has 2 aliphatic heterocycles. The second-order valence-corrected chi connectivity index (χ2v) is 7.65. The lowest BCUT2D eigenvalue weighted by atomic mass is 9.97. The fourth-order valence-corrected chi connectivity index (χ4v) is 3.06. The number of fused-ring (bicyclic) bond motifs is 1. The lowest BCUT2D eigenvalue weighted by Crippen LogP contribution is -2.42. The Bertz CT molecular complexity index is 604. The van der Waals surface area contributed by atoms with Crippen molar-refractivity contribution < 1.29 is 19.0 Å². The highest BCUT2D eigenvalue weighted by molar-refractivity contribution is 5.68. The smallest absolute Gasteiger partial charge is 0.410 e. The molecule has 25 heavy (non-hydrogen) atoms. The Morgan fingerprint density at radius 1 is 1.20 bits per heavy atom. The third-order valence-electron chi connectivity index (χ3n) is 4.40. The normalized spacial score (nSPS) is 18.0. The van der Waals surface area contributed by atoms with Gasteiger partial charge in [0, 0.05) is 31.4 Å². The van der Waals surface area contributed by atoms with E-state index >= 15 is 0 Å². The predicted molar refractivity (Wildman–Crippen MR) is 96.5 cm³/mol. The summed E-state index contributed by atoms with van der Waals surface area (Å²) in [6.45, 7) is 9.29. The predicted octanol–water partition coefficient (Wildman–Crippen LogP) is 3.52. The number of anilines is 1. The number of likely N-dealkylation sites (tertiary alicyclic amines) is 1. The first-order valence-electron chi connectivity index (χ1n) is 9.02. The zero-order valence-corrected chi connectivity index (χ0v) is 15.3. The van der Waals surface area contributed by atoms with Gasteiger partial charge in [-0.15, -0.1) is 0 Å². The third kappa shape index (κ3) is 4.94. The molecule has 1 aromatic carbocycles. The molecular weight excluding hydrogens is 320 g/mol. The van der Waals surface area contributed by atoms with E-state index in [0.29, 0.717) is 19.1 Å². The van der Waals surface area contributed by atoms with Crippen LogP contribution < -0.4 is 14.8 Å². The van der Waals surface area contributed by atoms with E-state index in [1.807, 2.05) is 43.9 Å². The number of hydrogen-bond acceptors (Lipinski definition) is 5. The number of benzene rings is 1. The van der Waals surface area contributed by atoms with Crippen molar-refractivity contribution in [2.24, 2.45) is 5.92 Å². The summed E-state index contributed by atoms with van der Waals surface area (Å²) in [4.78, 5) is 13.9. The molecule has 0 atom stereocenters. The summed E-state index contributed by atoms with van der Waals surface area (Å²) in [5.41, 5.74) is 0.604. The van der Waals surface area contributed by atoms with E-state index < -0.39 is 5.60 Å². The van der Waals surface area contributed by atoms with Crippen LogP contribution in [0.1, 0.15) is 33.6 Å². The summed E-state index contributed by atoms with van der Waals surface area (Å²) in [6.07, 6.45) is 1.76. The van der Waals surface area contributed by atoms with E-state index in [1.54, 1.807) is 0 Å². The van der Waals surface area contributed by atoms with Gasteiger partial charge in [0.2, 0.25) is 0 Å². The molecule has 6 heteroatoms. The zero-order valence-electron chi connectivity index (χ0n) is 15.3. The molecule has 0 bridgehead atoms. The summed E-state index contributed by atoms with van der Waals surface area (Å²) in [5, 5.41) is 3.48. The molecule has 0 saturated carbocycles. The summed E-state index contributed by atoms with van der Waals surface area (Å²) >= 11 is 0. The van der Waals surface area contributed by atoms with Crippen LogP contribution in [0.2, 0.25) is 0 Å². The van der Waals surface area contributed by atoms with Gasteiger partial charge in [-0.1, -0.05) is 0 Å². The van der Waals surface area contributed by atoms with E-state index in [4.69, 9.17) is 14.2 Å². The molecule has 1 amide bonds. The summed E-state index contributed by atoms with van der Waals surface area (Å²) < 4.78 is 16.6. The second kappa shape index (κ2) is 7.42. The molecule has 1 fully saturated rings. The zero-order chi connectivity index (χ0) is 17.9. The van der Waals surface area contributed by atoms with Crippen molar-refractivity contribution in [3.05, 3.63) is 18.2 Å². The standard InChI is InChI=1S/C19H28N2O4/c1-19(2,3)25-18(22)21-8-6-14(7-9-21)13-20-15-4-5-16-17(12-15)24-11-10-23-16/h4-5,12,14,20H,6-11,13H2,1-3H3. The van der Waals surface area contributed by atoms with Gasteiger partial charge in [-0.25, -0.2) is 4.79 Å². The minimum absolute atomic E-state index is 0.203. The minimum atomic E-state index is -0.437. The Labute approximate surface area is 149 Å². The fourth-order valence-electron chi connectivity index (χ4n) is 3.06. The highest BCUT2D eigenvalue weighted by atomic mass is 16.6. The maximum Gasteiger partial charge on any atom is 0.410 e. The maximum atomic E-state index is 12.1. The van der Waals surface area contributed by atoms with E-state index in [2.05, 4.69) is 5.32 Å². The first-order valence-corrected chi connectivity index (χ1v) is 9.02. The van der Waals surface area contributed by atoms with Crippen LogP contribution in [0.15, 0.2) is 18.2 Å². The Kier molecular flexibility index (Phi) is 5.25. The molecule has 0 aromatic heterocycles. The SMILES string of the molecule is CC(C)(C)OC(=O)N1CCC(CNc2ccc3c(c2)OCCO3)CC1. The third-order valence-corrected chi connectivity index (χ3v) is 4.40. The van der Waals surface area contributed by atoms with E-state index in [-0.39, 0.29) is 6.09 Å². The number of rotatable bonds is 3. The Hall–Kier alpha value is -2.11. The summed E-state index contributed by atoms with van der Waals surface area (Å²) in [7, 11) is 0. The van der Waals surface area contributed by atoms with Crippen LogP contribution in [0.25, 0.3) is 0 Å². The van der Waals surface area contributed by atoms with E-state index in [0.717, 1.165) is 49.7 Å². The number of hydrogen-bond donors (Lipinski definition) is 1. The van der Waals surface area contributed by atoms with E-state index in [1.165, 1.54) is 0 Å². The van der Waals surface area contributed by atoms with Crippen molar-refractivity contribution in [3.63, 3.8) is 0 Å². The van der Waals surface area contributed by atoms with Gasteiger partial charge in [0.25, 0.3) is 0 Å². The molecule has 1 aromatic rings. The fraction of sp³-hybridized carbons (Fsp3) is 0.632.